The number of carbonyl (C=O) groups excluding carboxylic acids is 1. The van der Waals surface area contributed by atoms with Crippen molar-refractivity contribution in [1.82, 2.24) is 0 Å². The van der Waals surface area contributed by atoms with E-state index < -0.39 is 10.7 Å². The fourth-order valence-corrected chi connectivity index (χ4v) is 3.68. The zero-order valence-corrected chi connectivity index (χ0v) is 16.6. The predicted octanol–water partition coefficient (Wildman–Crippen LogP) is 5.79. The van der Waals surface area contributed by atoms with Gasteiger partial charge in [-0.2, -0.15) is 0 Å². The van der Waals surface area contributed by atoms with Crippen LogP contribution >= 0.6 is 11.8 Å². The second-order valence-corrected chi connectivity index (χ2v) is 7.19. The molecule has 3 rings (SSSR count). The highest BCUT2D eigenvalue weighted by Crippen LogP contribution is 2.29. The van der Waals surface area contributed by atoms with Crippen LogP contribution in [-0.2, 0) is 5.75 Å². The fourth-order valence-electron chi connectivity index (χ4n) is 2.76. The van der Waals surface area contributed by atoms with Crippen LogP contribution in [0.15, 0.2) is 83.8 Å². The van der Waals surface area contributed by atoms with Gasteiger partial charge in [0.05, 0.1) is 17.6 Å². The molecule has 146 valence electrons. The normalized spacial score (nSPS) is 10.8. The zero-order chi connectivity index (χ0) is 20.6. The molecule has 0 heterocycles. The van der Waals surface area contributed by atoms with Crippen molar-refractivity contribution in [2.24, 2.45) is 0 Å². The number of benzene rings is 3. The lowest BCUT2D eigenvalue weighted by atomic mass is 10.1. The number of hydrogen-bond donors (Lipinski definition) is 0. The number of ether oxygens (including phenoxy) is 1. The number of ketones is 1. The van der Waals surface area contributed by atoms with E-state index in [1.807, 2.05) is 36.4 Å². The number of thioether (sulfide) groups is 1. The van der Waals surface area contributed by atoms with Crippen molar-refractivity contribution in [3.8, 4) is 5.75 Å². The minimum absolute atomic E-state index is 0.0663. The molecule has 0 fully saturated rings. The van der Waals surface area contributed by atoms with Gasteiger partial charge in [0, 0.05) is 22.3 Å². The first-order chi connectivity index (χ1) is 14.1. The molecule has 0 N–H and O–H groups in total. The summed E-state index contributed by atoms with van der Waals surface area (Å²) in [6.45, 7) is 0. The smallest absolute Gasteiger partial charge is 0.280 e. The maximum absolute atomic E-state index is 12.4. The molecule has 0 spiro atoms. The third-order valence-corrected chi connectivity index (χ3v) is 5.30. The molecule has 0 aromatic heterocycles. The van der Waals surface area contributed by atoms with Gasteiger partial charge >= 0.3 is 0 Å². The van der Waals surface area contributed by atoms with Gasteiger partial charge in [0.25, 0.3) is 5.69 Å². The highest BCUT2D eigenvalue weighted by Gasteiger charge is 2.17. The minimum atomic E-state index is -0.552. The van der Waals surface area contributed by atoms with Crippen LogP contribution in [0.3, 0.4) is 0 Å². The number of nitro benzene ring substituents is 1. The van der Waals surface area contributed by atoms with Crippen molar-refractivity contribution >= 4 is 29.3 Å². The maximum Gasteiger partial charge on any atom is 0.280 e. The van der Waals surface area contributed by atoms with E-state index in [4.69, 9.17) is 4.74 Å². The van der Waals surface area contributed by atoms with Crippen molar-refractivity contribution < 1.29 is 14.5 Å². The van der Waals surface area contributed by atoms with Gasteiger partial charge in [0.15, 0.2) is 5.78 Å². The average molecular weight is 405 g/mol. The SMILES string of the molecule is COc1cc(/C=C/C(=O)c2ccccc2[N+](=O)[O-])ccc1CSc1ccccc1. The van der Waals surface area contributed by atoms with Gasteiger partial charge in [-0.3, -0.25) is 14.9 Å². The molecule has 3 aromatic carbocycles. The van der Waals surface area contributed by atoms with Crippen molar-refractivity contribution in [2.45, 2.75) is 10.6 Å². The Labute approximate surface area is 173 Å². The molecule has 0 atom stereocenters. The Morgan fingerprint density at radius 1 is 1.07 bits per heavy atom. The van der Waals surface area contributed by atoms with Crippen molar-refractivity contribution in [1.29, 1.82) is 0 Å². The van der Waals surface area contributed by atoms with Crippen LogP contribution in [0.1, 0.15) is 21.5 Å². The van der Waals surface area contributed by atoms with E-state index in [2.05, 4.69) is 12.1 Å². The molecule has 0 saturated carbocycles. The van der Waals surface area contributed by atoms with Crippen molar-refractivity contribution in [3.63, 3.8) is 0 Å². The van der Waals surface area contributed by atoms with Gasteiger partial charge in [-0.15, -0.1) is 11.8 Å². The van der Waals surface area contributed by atoms with Crippen LogP contribution in [0.4, 0.5) is 5.69 Å². The molecule has 0 saturated heterocycles. The summed E-state index contributed by atoms with van der Waals surface area (Å²) < 4.78 is 5.49. The fraction of sp³-hybridized carbons (Fsp3) is 0.0870. The Bertz CT molecular complexity index is 1050. The number of nitrogens with zero attached hydrogens (tertiary/aromatic N) is 1. The first kappa shape index (κ1) is 20.4. The molecule has 0 aliphatic heterocycles. The third-order valence-electron chi connectivity index (χ3n) is 4.24. The summed E-state index contributed by atoms with van der Waals surface area (Å²) in [7, 11) is 1.61. The van der Waals surface area contributed by atoms with Gasteiger partial charge < -0.3 is 4.74 Å². The Morgan fingerprint density at radius 2 is 1.79 bits per heavy atom. The topological polar surface area (TPSA) is 69.4 Å². The van der Waals surface area contributed by atoms with Crippen LogP contribution in [0.5, 0.6) is 5.75 Å². The Hall–Kier alpha value is -3.38. The first-order valence-corrected chi connectivity index (χ1v) is 9.87. The molecule has 5 nitrogen and oxygen atoms in total. The van der Waals surface area contributed by atoms with Gasteiger partial charge in [0.1, 0.15) is 5.75 Å². The molecule has 0 bridgehead atoms. The largest absolute Gasteiger partial charge is 0.496 e. The number of methoxy groups -OCH3 is 1. The van der Waals surface area contributed by atoms with Crippen molar-refractivity contribution in [2.75, 3.05) is 7.11 Å². The lowest BCUT2D eigenvalue weighted by Gasteiger charge is -2.09. The summed E-state index contributed by atoms with van der Waals surface area (Å²) in [5.41, 5.74) is 1.69. The molecular weight excluding hydrogens is 386 g/mol. The Morgan fingerprint density at radius 3 is 2.52 bits per heavy atom. The summed E-state index contributed by atoms with van der Waals surface area (Å²) in [6.07, 6.45) is 2.98. The van der Waals surface area contributed by atoms with Gasteiger partial charge in [-0.1, -0.05) is 48.5 Å². The van der Waals surface area contributed by atoms with E-state index in [0.717, 1.165) is 22.6 Å². The molecule has 0 amide bonds. The second-order valence-electron chi connectivity index (χ2n) is 6.14. The van der Waals surface area contributed by atoms with Gasteiger partial charge in [0.2, 0.25) is 0 Å². The highest BCUT2D eigenvalue weighted by atomic mass is 32.2. The molecule has 6 heteroatoms. The summed E-state index contributed by atoms with van der Waals surface area (Å²) in [6, 6.07) is 21.7. The molecule has 0 aliphatic carbocycles. The second kappa shape index (κ2) is 9.71. The molecule has 0 aliphatic rings. The number of nitro groups is 1. The lowest BCUT2D eigenvalue weighted by Crippen LogP contribution is -2.00. The van der Waals surface area contributed by atoms with E-state index in [-0.39, 0.29) is 11.3 Å². The van der Waals surface area contributed by atoms with Crippen LogP contribution in [0, 0.1) is 10.1 Å². The average Bonchev–Trinajstić information content (AvgIpc) is 2.76. The summed E-state index contributed by atoms with van der Waals surface area (Å²) in [5.74, 6) is 1.07. The van der Waals surface area contributed by atoms with Crippen LogP contribution in [0.25, 0.3) is 6.08 Å². The predicted molar refractivity (Wildman–Crippen MR) is 115 cm³/mol. The number of hydrogen-bond acceptors (Lipinski definition) is 5. The van der Waals surface area contributed by atoms with Gasteiger partial charge in [-0.25, -0.2) is 0 Å². The van der Waals surface area contributed by atoms with E-state index in [9.17, 15) is 14.9 Å². The highest BCUT2D eigenvalue weighted by molar-refractivity contribution is 7.98. The third kappa shape index (κ3) is 5.33. The first-order valence-electron chi connectivity index (χ1n) is 8.89. The van der Waals surface area contributed by atoms with E-state index in [0.29, 0.717) is 0 Å². The van der Waals surface area contributed by atoms with E-state index in [1.165, 1.54) is 29.2 Å². The quantitative estimate of drug-likeness (QED) is 0.156. The maximum atomic E-state index is 12.4. The standard InChI is InChI=1S/C23H19NO4S/c1-28-23-15-17(11-13-18(23)16-29-19-7-3-2-4-8-19)12-14-22(25)20-9-5-6-10-21(20)24(26)27/h2-15H,16H2,1H3/b14-12+. The van der Waals surface area contributed by atoms with E-state index in [1.54, 1.807) is 31.0 Å². The molecular formula is C23H19NO4S. The van der Waals surface area contributed by atoms with Crippen LogP contribution in [-0.4, -0.2) is 17.8 Å². The van der Waals surface area contributed by atoms with Crippen LogP contribution in [0.2, 0.25) is 0 Å². The Balaban J connectivity index is 1.74. The summed E-state index contributed by atoms with van der Waals surface area (Å²) in [5, 5.41) is 11.1. The minimum Gasteiger partial charge on any atom is -0.496 e. The number of rotatable bonds is 8. The molecule has 0 radical (unpaired) electrons. The van der Waals surface area contributed by atoms with Crippen LogP contribution < -0.4 is 4.74 Å². The van der Waals surface area contributed by atoms with Gasteiger partial charge in [-0.05, 0) is 35.9 Å². The zero-order valence-electron chi connectivity index (χ0n) is 15.8. The summed E-state index contributed by atoms with van der Waals surface area (Å²) >= 11 is 1.71. The number of para-hydroxylation sites is 1. The number of allylic oxidation sites excluding steroid dienone is 1. The van der Waals surface area contributed by atoms with Crippen molar-refractivity contribution in [3.05, 3.63) is 106 Å². The summed E-state index contributed by atoms with van der Waals surface area (Å²) in [4.78, 5) is 24.1. The Kier molecular flexibility index (Phi) is 6.81. The van der Waals surface area contributed by atoms with E-state index >= 15 is 0 Å². The molecule has 29 heavy (non-hydrogen) atoms. The molecule has 0 unspecified atom stereocenters. The molecule has 3 aromatic rings. The monoisotopic (exact) mass is 405 g/mol. The number of carbonyl (C=O) groups is 1. The lowest BCUT2D eigenvalue weighted by molar-refractivity contribution is -0.385.